The highest BCUT2D eigenvalue weighted by Gasteiger charge is 2.26. The van der Waals surface area contributed by atoms with Crippen molar-refractivity contribution < 1.29 is 9.53 Å². The van der Waals surface area contributed by atoms with Crippen LogP contribution < -0.4 is 9.64 Å². The molecule has 1 heterocycles. The molecule has 1 atom stereocenters. The number of aryl methyl sites for hydroxylation is 2. The molecule has 1 saturated heterocycles. The zero-order chi connectivity index (χ0) is 17.8. The maximum Gasteiger partial charge on any atom is 0.263 e. The molecule has 0 bridgehead atoms. The van der Waals surface area contributed by atoms with Crippen molar-refractivity contribution in [3.63, 3.8) is 0 Å². The van der Waals surface area contributed by atoms with E-state index in [1.54, 1.807) is 0 Å². The summed E-state index contributed by atoms with van der Waals surface area (Å²) in [7, 11) is 0. The van der Waals surface area contributed by atoms with E-state index in [1.165, 1.54) is 11.3 Å². The van der Waals surface area contributed by atoms with E-state index in [2.05, 4.69) is 36.1 Å². The summed E-state index contributed by atoms with van der Waals surface area (Å²) in [6, 6.07) is 16.2. The Morgan fingerprint density at radius 2 is 1.72 bits per heavy atom. The largest absolute Gasteiger partial charge is 0.481 e. The fraction of sp³-hybridized carbons (Fsp3) is 0.381. The molecule has 0 radical (unpaired) electrons. The summed E-state index contributed by atoms with van der Waals surface area (Å²) in [5, 5.41) is 0. The minimum Gasteiger partial charge on any atom is -0.481 e. The third-order valence-electron chi connectivity index (χ3n) is 4.70. The van der Waals surface area contributed by atoms with Gasteiger partial charge in [-0.3, -0.25) is 4.79 Å². The second-order valence-electron chi connectivity index (χ2n) is 6.68. The summed E-state index contributed by atoms with van der Waals surface area (Å²) in [5.74, 6) is 0.810. The van der Waals surface area contributed by atoms with Crippen LogP contribution in [0.15, 0.2) is 48.5 Å². The van der Waals surface area contributed by atoms with E-state index in [-0.39, 0.29) is 5.91 Å². The van der Waals surface area contributed by atoms with E-state index in [9.17, 15) is 4.79 Å². The van der Waals surface area contributed by atoms with E-state index in [0.717, 1.165) is 37.5 Å². The first-order chi connectivity index (χ1) is 12.0. The van der Waals surface area contributed by atoms with Gasteiger partial charge in [0, 0.05) is 31.9 Å². The van der Waals surface area contributed by atoms with Gasteiger partial charge in [0.15, 0.2) is 6.10 Å². The molecule has 1 aliphatic rings. The lowest BCUT2D eigenvalue weighted by atomic mass is 10.1. The smallest absolute Gasteiger partial charge is 0.263 e. The Bertz CT molecular complexity index is 736. The molecular weight excluding hydrogens is 312 g/mol. The number of carbonyl (C=O) groups is 1. The van der Waals surface area contributed by atoms with Crippen molar-refractivity contribution in [2.45, 2.75) is 26.9 Å². The highest BCUT2D eigenvalue weighted by Crippen LogP contribution is 2.21. The zero-order valence-electron chi connectivity index (χ0n) is 15.2. The van der Waals surface area contributed by atoms with Crippen LogP contribution in [0.4, 0.5) is 5.69 Å². The lowest BCUT2D eigenvalue weighted by Gasteiger charge is -2.37. The average molecular weight is 338 g/mol. The third kappa shape index (κ3) is 4.13. The van der Waals surface area contributed by atoms with E-state index < -0.39 is 6.10 Å². The zero-order valence-corrected chi connectivity index (χ0v) is 15.2. The van der Waals surface area contributed by atoms with Gasteiger partial charge in [0.05, 0.1) is 0 Å². The Morgan fingerprint density at radius 1 is 1.00 bits per heavy atom. The minimum absolute atomic E-state index is 0.0611. The highest BCUT2D eigenvalue weighted by atomic mass is 16.5. The number of ether oxygens (including phenoxy) is 1. The van der Waals surface area contributed by atoms with Crippen molar-refractivity contribution in [1.29, 1.82) is 0 Å². The first-order valence-corrected chi connectivity index (χ1v) is 8.87. The molecule has 0 spiro atoms. The molecule has 4 heteroatoms. The number of amides is 1. The molecule has 0 N–H and O–H groups in total. The molecule has 3 rings (SSSR count). The number of hydrogen-bond donors (Lipinski definition) is 0. The molecule has 2 aromatic carbocycles. The molecular formula is C21H26N2O2. The van der Waals surface area contributed by atoms with Crippen LogP contribution in [0, 0.1) is 13.8 Å². The number of piperazine rings is 1. The van der Waals surface area contributed by atoms with Gasteiger partial charge >= 0.3 is 0 Å². The van der Waals surface area contributed by atoms with Crippen LogP contribution in [0.25, 0.3) is 0 Å². The predicted octanol–water partition coefficient (Wildman–Crippen LogP) is 3.42. The molecule has 0 aromatic heterocycles. The Morgan fingerprint density at radius 3 is 2.40 bits per heavy atom. The predicted molar refractivity (Wildman–Crippen MR) is 101 cm³/mol. The SMILES string of the molecule is Cc1cccc(O[C@H](C)C(=O)N2CCN(c3ccccc3C)CC2)c1. The molecule has 25 heavy (non-hydrogen) atoms. The van der Waals surface area contributed by atoms with E-state index in [4.69, 9.17) is 4.74 Å². The van der Waals surface area contributed by atoms with Crippen molar-refractivity contribution in [1.82, 2.24) is 4.90 Å². The van der Waals surface area contributed by atoms with Crippen molar-refractivity contribution in [2.24, 2.45) is 0 Å². The number of carbonyl (C=O) groups excluding carboxylic acids is 1. The lowest BCUT2D eigenvalue weighted by Crippen LogP contribution is -2.52. The fourth-order valence-corrected chi connectivity index (χ4v) is 3.29. The summed E-state index contributed by atoms with van der Waals surface area (Å²) in [5.41, 5.74) is 3.67. The first kappa shape index (κ1) is 17.3. The van der Waals surface area contributed by atoms with Gasteiger partial charge < -0.3 is 14.5 Å². The molecule has 4 nitrogen and oxygen atoms in total. The van der Waals surface area contributed by atoms with E-state index in [1.807, 2.05) is 43.0 Å². The van der Waals surface area contributed by atoms with Crippen LogP contribution >= 0.6 is 0 Å². The Kier molecular flexibility index (Phi) is 5.27. The number of hydrogen-bond acceptors (Lipinski definition) is 3. The summed E-state index contributed by atoms with van der Waals surface area (Å²) < 4.78 is 5.84. The standard InChI is InChI=1S/C21H26N2O2/c1-16-7-6-9-19(15-16)25-18(3)21(24)23-13-11-22(12-14-23)20-10-5-4-8-17(20)2/h4-10,15,18H,11-14H2,1-3H3/t18-/m1/s1. The van der Waals surface area contributed by atoms with Crippen molar-refractivity contribution >= 4 is 11.6 Å². The van der Waals surface area contributed by atoms with Gasteiger partial charge in [0.2, 0.25) is 0 Å². The van der Waals surface area contributed by atoms with Gasteiger partial charge in [-0.15, -0.1) is 0 Å². The van der Waals surface area contributed by atoms with Crippen molar-refractivity contribution in [3.05, 3.63) is 59.7 Å². The van der Waals surface area contributed by atoms with Gasteiger partial charge in [-0.1, -0.05) is 30.3 Å². The lowest BCUT2D eigenvalue weighted by molar-refractivity contribution is -0.138. The summed E-state index contributed by atoms with van der Waals surface area (Å²) in [6.45, 7) is 9.15. The number of benzene rings is 2. The molecule has 1 aliphatic heterocycles. The molecule has 1 amide bonds. The van der Waals surface area contributed by atoms with Crippen LogP contribution in [0.5, 0.6) is 5.75 Å². The van der Waals surface area contributed by atoms with Crippen LogP contribution in [0.2, 0.25) is 0 Å². The van der Waals surface area contributed by atoms with E-state index >= 15 is 0 Å². The molecule has 0 unspecified atom stereocenters. The fourth-order valence-electron chi connectivity index (χ4n) is 3.29. The Hall–Kier alpha value is -2.49. The molecule has 1 fully saturated rings. The second-order valence-corrected chi connectivity index (χ2v) is 6.68. The van der Waals surface area contributed by atoms with Crippen LogP contribution in [0.1, 0.15) is 18.1 Å². The van der Waals surface area contributed by atoms with Crippen LogP contribution in [-0.4, -0.2) is 43.1 Å². The maximum atomic E-state index is 12.7. The van der Waals surface area contributed by atoms with Crippen LogP contribution in [-0.2, 0) is 4.79 Å². The number of nitrogens with zero attached hydrogens (tertiary/aromatic N) is 2. The second kappa shape index (κ2) is 7.60. The molecule has 0 aliphatic carbocycles. The average Bonchev–Trinajstić information content (AvgIpc) is 2.62. The third-order valence-corrected chi connectivity index (χ3v) is 4.70. The van der Waals surface area contributed by atoms with Gasteiger partial charge in [-0.25, -0.2) is 0 Å². The molecule has 0 saturated carbocycles. The monoisotopic (exact) mass is 338 g/mol. The topological polar surface area (TPSA) is 32.8 Å². The first-order valence-electron chi connectivity index (χ1n) is 8.87. The number of para-hydroxylation sites is 1. The van der Waals surface area contributed by atoms with Gasteiger partial charge in [0.1, 0.15) is 5.75 Å². The summed E-state index contributed by atoms with van der Waals surface area (Å²) >= 11 is 0. The van der Waals surface area contributed by atoms with Gasteiger partial charge in [-0.05, 0) is 50.1 Å². The maximum absolute atomic E-state index is 12.7. The summed E-state index contributed by atoms with van der Waals surface area (Å²) in [6.07, 6.45) is -0.466. The quantitative estimate of drug-likeness (QED) is 0.856. The Labute approximate surface area is 150 Å². The highest BCUT2D eigenvalue weighted by molar-refractivity contribution is 5.81. The van der Waals surface area contributed by atoms with Gasteiger partial charge in [0.25, 0.3) is 5.91 Å². The molecule has 2 aromatic rings. The number of anilines is 1. The Balaban J connectivity index is 1.57. The summed E-state index contributed by atoms with van der Waals surface area (Å²) in [4.78, 5) is 16.9. The van der Waals surface area contributed by atoms with Gasteiger partial charge in [-0.2, -0.15) is 0 Å². The number of rotatable bonds is 4. The van der Waals surface area contributed by atoms with E-state index in [0.29, 0.717) is 0 Å². The normalized spacial score (nSPS) is 15.8. The van der Waals surface area contributed by atoms with Crippen LogP contribution in [0.3, 0.4) is 0 Å². The van der Waals surface area contributed by atoms with Crippen molar-refractivity contribution in [3.8, 4) is 5.75 Å². The minimum atomic E-state index is -0.466. The molecule has 132 valence electrons. The van der Waals surface area contributed by atoms with Crippen molar-refractivity contribution in [2.75, 3.05) is 31.1 Å².